The van der Waals surface area contributed by atoms with E-state index in [2.05, 4.69) is 23.9 Å². The first-order valence-corrected chi connectivity index (χ1v) is 4.12. The molecule has 68 valence electrons. The number of hydrogen-bond donors (Lipinski definition) is 1. The third kappa shape index (κ3) is 1.64. The second kappa shape index (κ2) is 3.23. The van der Waals surface area contributed by atoms with Gasteiger partial charge in [-0.25, -0.2) is 4.98 Å². The number of hydrogen-bond acceptors (Lipinski definition) is 3. The third-order valence-electron chi connectivity index (χ3n) is 2.09. The molecular weight excluding hydrogens is 152 g/mol. The Morgan fingerprint density at radius 3 is 2.67 bits per heavy atom. The molecule has 0 saturated carbocycles. The van der Waals surface area contributed by atoms with Crippen LogP contribution in [0.3, 0.4) is 0 Å². The quantitative estimate of drug-likeness (QED) is 0.712. The summed E-state index contributed by atoms with van der Waals surface area (Å²) in [6.07, 6.45) is 2.51. The van der Waals surface area contributed by atoms with E-state index < -0.39 is 0 Å². The van der Waals surface area contributed by atoms with Crippen molar-refractivity contribution in [3.8, 4) is 0 Å². The molecule has 0 aliphatic heterocycles. The van der Waals surface area contributed by atoms with Crippen molar-refractivity contribution in [3.63, 3.8) is 0 Å². The van der Waals surface area contributed by atoms with Gasteiger partial charge in [0, 0.05) is 12.5 Å². The van der Waals surface area contributed by atoms with Crippen LogP contribution in [0.2, 0.25) is 0 Å². The van der Waals surface area contributed by atoms with Crippen LogP contribution >= 0.6 is 0 Å². The molecule has 0 amide bonds. The van der Waals surface area contributed by atoms with Crippen LogP contribution in [-0.4, -0.2) is 21.3 Å². The second-order valence-corrected chi connectivity index (χ2v) is 3.63. The Kier molecular flexibility index (Phi) is 2.47. The largest absolute Gasteiger partial charge is 0.330 e. The molecule has 0 aliphatic carbocycles. The highest BCUT2D eigenvalue weighted by atomic mass is 15.3. The molecule has 0 spiro atoms. The third-order valence-corrected chi connectivity index (χ3v) is 2.09. The van der Waals surface area contributed by atoms with E-state index in [0.29, 0.717) is 6.54 Å². The Bertz CT molecular complexity index is 251. The molecule has 12 heavy (non-hydrogen) atoms. The lowest BCUT2D eigenvalue weighted by Crippen LogP contribution is -2.25. The van der Waals surface area contributed by atoms with Crippen molar-refractivity contribution in [3.05, 3.63) is 12.2 Å². The van der Waals surface area contributed by atoms with Crippen LogP contribution in [0.25, 0.3) is 0 Å². The highest BCUT2D eigenvalue weighted by Crippen LogP contribution is 2.23. The Labute approximate surface area is 72.8 Å². The smallest absolute Gasteiger partial charge is 0.138 e. The second-order valence-electron chi connectivity index (χ2n) is 3.63. The fourth-order valence-corrected chi connectivity index (χ4v) is 1.38. The molecule has 1 heterocycles. The Hall–Kier alpha value is -0.900. The molecule has 4 nitrogen and oxygen atoms in total. The van der Waals surface area contributed by atoms with Crippen LogP contribution in [0.5, 0.6) is 0 Å². The van der Waals surface area contributed by atoms with Gasteiger partial charge in [0.1, 0.15) is 12.2 Å². The van der Waals surface area contributed by atoms with Crippen molar-refractivity contribution in [2.45, 2.75) is 25.7 Å². The lowest BCUT2D eigenvalue weighted by Gasteiger charge is -2.22. The van der Waals surface area contributed by atoms with Gasteiger partial charge in [-0.15, -0.1) is 0 Å². The van der Waals surface area contributed by atoms with Gasteiger partial charge in [-0.3, -0.25) is 4.68 Å². The van der Waals surface area contributed by atoms with Gasteiger partial charge in [0.2, 0.25) is 0 Å². The zero-order valence-electron chi connectivity index (χ0n) is 7.91. The highest BCUT2D eigenvalue weighted by molar-refractivity contribution is 5.02. The average molecular weight is 168 g/mol. The van der Waals surface area contributed by atoms with Gasteiger partial charge in [-0.2, -0.15) is 5.10 Å². The molecular formula is C8H16N4. The van der Waals surface area contributed by atoms with Crippen molar-refractivity contribution in [1.82, 2.24) is 14.8 Å². The van der Waals surface area contributed by atoms with Gasteiger partial charge in [0.25, 0.3) is 0 Å². The van der Waals surface area contributed by atoms with Crippen LogP contribution in [0.15, 0.2) is 6.33 Å². The summed E-state index contributed by atoms with van der Waals surface area (Å²) >= 11 is 0. The molecule has 1 rings (SSSR count). The Morgan fingerprint density at radius 2 is 2.25 bits per heavy atom. The summed E-state index contributed by atoms with van der Waals surface area (Å²) in [6, 6.07) is 0. The van der Waals surface area contributed by atoms with Gasteiger partial charge in [-0.05, 0) is 13.0 Å². The van der Waals surface area contributed by atoms with Crippen molar-refractivity contribution >= 4 is 0 Å². The molecule has 4 heteroatoms. The minimum atomic E-state index is 0.0278. The summed E-state index contributed by atoms with van der Waals surface area (Å²) in [5, 5.41) is 4.03. The van der Waals surface area contributed by atoms with Crippen LogP contribution in [0.1, 0.15) is 26.1 Å². The number of aromatic nitrogens is 3. The van der Waals surface area contributed by atoms with Crippen molar-refractivity contribution in [2.24, 2.45) is 12.8 Å². The standard InChI is InChI=1S/C8H16N4/c1-8(2,4-5-9)7-10-6-11-12(7)3/h6H,4-5,9H2,1-3H3. The van der Waals surface area contributed by atoms with E-state index in [1.165, 1.54) is 0 Å². The average Bonchev–Trinajstić information content (AvgIpc) is 2.35. The van der Waals surface area contributed by atoms with Gasteiger partial charge in [0.15, 0.2) is 0 Å². The summed E-state index contributed by atoms with van der Waals surface area (Å²) in [5.74, 6) is 0.993. The first kappa shape index (κ1) is 9.19. The van der Waals surface area contributed by atoms with Crippen LogP contribution in [-0.2, 0) is 12.5 Å². The fraction of sp³-hybridized carbons (Fsp3) is 0.750. The lowest BCUT2D eigenvalue weighted by molar-refractivity contribution is 0.434. The number of nitrogens with two attached hydrogens (primary N) is 1. The number of rotatable bonds is 3. The Balaban J connectivity index is 2.88. The van der Waals surface area contributed by atoms with Crippen LogP contribution in [0, 0.1) is 0 Å². The SMILES string of the molecule is Cn1ncnc1C(C)(C)CCN. The van der Waals surface area contributed by atoms with Gasteiger partial charge in [-0.1, -0.05) is 13.8 Å². The molecule has 1 aromatic heterocycles. The van der Waals surface area contributed by atoms with Gasteiger partial charge < -0.3 is 5.73 Å². The monoisotopic (exact) mass is 168 g/mol. The zero-order valence-corrected chi connectivity index (χ0v) is 7.91. The van der Waals surface area contributed by atoms with E-state index in [1.54, 1.807) is 11.0 Å². The zero-order chi connectivity index (χ0) is 9.19. The maximum absolute atomic E-state index is 5.51. The molecule has 0 radical (unpaired) electrons. The summed E-state index contributed by atoms with van der Waals surface area (Å²) in [5.41, 5.74) is 5.54. The number of aryl methyl sites for hydroxylation is 1. The maximum atomic E-state index is 5.51. The molecule has 0 bridgehead atoms. The molecule has 0 unspecified atom stereocenters. The molecule has 0 atom stereocenters. The maximum Gasteiger partial charge on any atom is 0.138 e. The minimum Gasteiger partial charge on any atom is -0.330 e. The Morgan fingerprint density at radius 1 is 1.58 bits per heavy atom. The van der Waals surface area contributed by atoms with Gasteiger partial charge >= 0.3 is 0 Å². The molecule has 0 aliphatic rings. The fourth-order valence-electron chi connectivity index (χ4n) is 1.38. The van der Waals surface area contributed by atoms with E-state index in [1.807, 2.05) is 7.05 Å². The van der Waals surface area contributed by atoms with E-state index in [9.17, 15) is 0 Å². The van der Waals surface area contributed by atoms with E-state index in [4.69, 9.17) is 5.73 Å². The highest BCUT2D eigenvalue weighted by Gasteiger charge is 2.24. The normalized spacial score (nSPS) is 12.0. The summed E-state index contributed by atoms with van der Waals surface area (Å²) in [6.45, 7) is 4.94. The lowest BCUT2D eigenvalue weighted by atomic mass is 9.88. The van der Waals surface area contributed by atoms with Gasteiger partial charge in [0.05, 0.1) is 0 Å². The van der Waals surface area contributed by atoms with Crippen LogP contribution in [0.4, 0.5) is 0 Å². The van der Waals surface area contributed by atoms with Crippen molar-refractivity contribution < 1.29 is 0 Å². The van der Waals surface area contributed by atoms with Crippen molar-refractivity contribution in [1.29, 1.82) is 0 Å². The summed E-state index contributed by atoms with van der Waals surface area (Å²) in [4.78, 5) is 4.20. The van der Waals surface area contributed by atoms with Crippen LogP contribution < -0.4 is 5.73 Å². The predicted molar refractivity (Wildman–Crippen MR) is 47.7 cm³/mol. The van der Waals surface area contributed by atoms with E-state index in [-0.39, 0.29) is 5.41 Å². The van der Waals surface area contributed by atoms with Crippen molar-refractivity contribution in [2.75, 3.05) is 6.54 Å². The minimum absolute atomic E-state index is 0.0278. The molecule has 0 fully saturated rings. The predicted octanol–water partition coefficient (Wildman–Crippen LogP) is 0.442. The topological polar surface area (TPSA) is 56.7 Å². The molecule has 1 aromatic rings. The van der Waals surface area contributed by atoms with E-state index in [0.717, 1.165) is 12.2 Å². The first-order chi connectivity index (χ1) is 5.58. The first-order valence-electron chi connectivity index (χ1n) is 4.12. The number of nitrogens with zero attached hydrogens (tertiary/aromatic N) is 3. The van der Waals surface area contributed by atoms with E-state index >= 15 is 0 Å². The summed E-state index contributed by atoms with van der Waals surface area (Å²) < 4.78 is 1.80. The molecule has 2 N–H and O–H groups in total. The molecule has 0 saturated heterocycles. The molecule has 0 aromatic carbocycles. The summed E-state index contributed by atoms with van der Waals surface area (Å²) in [7, 11) is 1.90.